The molecule has 1 aromatic rings. The summed E-state index contributed by atoms with van der Waals surface area (Å²) in [6, 6.07) is 10.9. The summed E-state index contributed by atoms with van der Waals surface area (Å²) >= 11 is 0. The van der Waals surface area contributed by atoms with Crippen molar-refractivity contribution in [2.75, 3.05) is 0 Å². The van der Waals surface area contributed by atoms with Gasteiger partial charge in [0.25, 0.3) is 0 Å². The summed E-state index contributed by atoms with van der Waals surface area (Å²) in [6.45, 7) is 0. The van der Waals surface area contributed by atoms with Crippen molar-refractivity contribution in [3.8, 4) is 0 Å². The smallest absolute Gasteiger partial charge is 0.0279 e. The number of hydrogen-bond acceptors (Lipinski definition) is 0. The predicted octanol–water partition coefficient (Wildman–Crippen LogP) is 4.76. The Morgan fingerprint density at radius 3 is 2.62 bits per heavy atom. The summed E-state index contributed by atoms with van der Waals surface area (Å²) in [4.78, 5) is 0. The Bertz CT molecular complexity index is 310. The fourth-order valence-electron chi connectivity index (χ4n) is 2.53. The SMILES string of the molecule is C1=CCC(CCCCc2ccccc2)CC1. The van der Waals surface area contributed by atoms with E-state index in [0.717, 1.165) is 5.92 Å². The molecule has 1 aliphatic carbocycles. The maximum absolute atomic E-state index is 2.37. The van der Waals surface area contributed by atoms with E-state index in [9.17, 15) is 0 Å². The van der Waals surface area contributed by atoms with Crippen molar-refractivity contribution in [1.29, 1.82) is 0 Å². The first-order chi connectivity index (χ1) is 7.95. The first-order valence-corrected chi connectivity index (χ1v) is 6.64. The number of hydrogen-bond donors (Lipinski definition) is 0. The van der Waals surface area contributed by atoms with E-state index in [2.05, 4.69) is 42.5 Å². The van der Waals surface area contributed by atoms with E-state index in [0.29, 0.717) is 0 Å². The van der Waals surface area contributed by atoms with Crippen LogP contribution in [0.4, 0.5) is 0 Å². The van der Waals surface area contributed by atoms with Crippen LogP contribution in [0.1, 0.15) is 44.1 Å². The minimum Gasteiger partial charge on any atom is -0.0885 e. The lowest BCUT2D eigenvalue weighted by Crippen LogP contribution is -2.02. The fourth-order valence-corrected chi connectivity index (χ4v) is 2.53. The molecule has 86 valence electrons. The van der Waals surface area contributed by atoms with Crippen LogP contribution in [0, 0.1) is 5.92 Å². The second kappa shape index (κ2) is 6.52. The molecule has 0 nitrogen and oxygen atoms in total. The number of unbranched alkanes of at least 4 members (excludes halogenated alkanes) is 1. The third-order valence-corrected chi connectivity index (χ3v) is 3.55. The summed E-state index contributed by atoms with van der Waals surface area (Å²) in [5.41, 5.74) is 1.49. The molecule has 0 saturated heterocycles. The van der Waals surface area contributed by atoms with Gasteiger partial charge in [-0.2, -0.15) is 0 Å². The van der Waals surface area contributed by atoms with Crippen molar-refractivity contribution in [2.45, 2.75) is 44.9 Å². The maximum Gasteiger partial charge on any atom is -0.0279 e. The Kier molecular flexibility index (Phi) is 4.67. The molecule has 0 radical (unpaired) electrons. The second-order valence-corrected chi connectivity index (χ2v) is 4.88. The summed E-state index contributed by atoms with van der Waals surface area (Å²) in [5, 5.41) is 0. The van der Waals surface area contributed by atoms with Gasteiger partial charge in [-0.15, -0.1) is 0 Å². The topological polar surface area (TPSA) is 0 Å². The van der Waals surface area contributed by atoms with Gasteiger partial charge < -0.3 is 0 Å². The zero-order valence-electron chi connectivity index (χ0n) is 10.1. The lowest BCUT2D eigenvalue weighted by Gasteiger charge is -2.17. The first-order valence-electron chi connectivity index (χ1n) is 6.64. The van der Waals surface area contributed by atoms with Crippen molar-refractivity contribution in [3.05, 3.63) is 48.0 Å². The number of rotatable bonds is 5. The second-order valence-electron chi connectivity index (χ2n) is 4.88. The molecule has 1 aromatic carbocycles. The minimum absolute atomic E-state index is 0.973. The van der Waals surface area contributed by atoms with E-state index in [1.165, 1.54) is 50.5 Å². The van der Waals surface area contributed by atoms with Crippen LogP contribution < -0.4 is 0 Å². The number of benzene rings is 1. The van der Waals surface area contributed by atoms with Crippen molar-refractivity contribution in [2.24, 2.45) is 5.92 Å². The van der Waals surface area contributed by atoms with Crippen LogP contribution in [0.3, 0.4) is 0 Å². The zero-order chi connectivity index (χ0) is 11.1. The standard InChI is InChI=1S/C16H22/c1-3-9-15(10-4-1)13-7-8-14-16-11-5-2-6-12-16/h1-5,9-10,16H,6-8,11-14H2. The van der Waals surface area contributed by atoms with Gasteiger partial charge in [-0.3, -0.25) is 0 Å². The first kappa shape index (κ1) is 11.4. The molecule has 1 unspecified atom stereocenters. The van der Waals surface area contributed by atoms with Crippen molar-refractivity contribution >= 4 is 0 Å². The van der Waals surface area contributed by atoms with Crippen LogP contribution in [0.5, 0.6) is 0 Å². The van der Waals surface area contributed by atoms with Crippen LogP contribution in [0.2, 0.25) is 0 Å². The molecule has 0 bridgehead atoms. The normalized spacial score (nSPS) is 19.9. The van der Waals surface area contributed by atoms with Crippen molar-refractivity contribution in [1.82, 2.24) is 0 Å². The molecule has 16 heavy (non-hydrogen) atoms. The summed E-state index contributed by atoms with van der Waals surface area (Å²) in [6.07, 6.45) is 14.2. The average molecular weight is 214 g/mol. The van der Waals surface area contributed by atoms with Crippen molar-refractivity contribution in [3.63, 3.8) is 0 Å². The summed E-state index contributed by atoms with van der Waals surface area (Å²) < 4.78 is 0. The Labute approximate surface area is 99.4 Å². The molecule has 0 heteroatoms. The molecule has 1 aliphatic rings. The highest BCUT2D eigenvalue weighted by Gasteiger charge is 2.08. The van der Waals surface area contributed by atoms with E-state index < -0.39 is 0 Å². The largest absolute Gasteiger partial charge is 0.0885 e. The monoisotopic (exact) mass is 214 g/mol. The van der Waals surface area contributed by atoms with Gasteiger partial charge in [0, 0.05) is 0 Å². The van der Waals surface area contributed by atoms with Gasteiger partial charge in [0.1, 0.15) is 0 Å². The Hall–Kier alpha value is -1.04. The zero-order valence-corrected chi connectivity index (χ0v) is 10.1. The van der Waals surface area contributed by atoms with Crippen LogP contribution >= 0.6 is 0 Å². The summed E-state index contributed by atoms with van der Waals surface area (Å²) in [7, 11) is 0. The molecular weight excluding hydrogens is 192 g/mol. The summed E-state index contributed by atoms with van der Waals surface area (Å²) in [5.74, 6) is 0.973. The average Bonchev–Trinajstić information content (AvgIpc) is 2.37. The lowest BCUT2D eigenvalue weighted by atomic mass is 9.89. The van der Waals surface area contributed by atoms with Crippen molar-refractivity contribution < 1.29 is 0 Å². The van der Waals surface area contributed by atoms with Gasteiger partial charge in [0.2, 0.25) is 0 Å². The van der Waals surface area contributed by atoms with Gasteiger partial charge >= 0.3 is 0 Å². The van der Waals surface area contributed by atoms with Crippen LogP contribution in [-0.4, -0.2) is 0 Å². The van der Waals surface area contributed by atoms with E-state index in [-0.39, 0.29) is 0 Å². The maximum atomic E-state index is 2.37. The third kappa shape index (κ3) is 3.84. The molecule has 0 heterocycles. The molecule has 0 saturated carbocycles. The van der Waals surface area contributed by atoms with Gasteiger partial charge in [-0.25, -0.2) is 0 Å². The molecule has 2 rings (SSSR count). The van der Waals surface area contributed by atoms with E-state index in [4.69, 9.17) is 0 Å². The van der Waals surface area contributed by atoms with Crippen LogP contribution in [-0.2, 0) is 6.42 Å². The number of allylic oxidation sites excluding steroid dienone is 2. The highest BCUT2D eigenvalue weighted by atomic mass is 14.1. The quantitative estimate of drug-likeness (QED) is 0.490. The molecule has 0 amide bonds. The van der Waals surface area contributed by atoms with Gasteiger partial charge in [0.15, 0.2) is 0 Å². The van der Waals surface area contributed by atoms with Gasteiger partial charge in [-0.05, 0) is 43.6 Å². The third-order valence-electron chi connectivity index (χ3n) is 3.55. The highest BCUT2D eigenvalue weighted by Crippen LogP contribution is 2.23. The highest BCUT2D eigenvalue weighted by molar-refractivity contribution is 5.14. The Morgan fingerprint density at radius 1 is 1.00 bits per heavy atom. The van der Waals surface area contributed by atoms with E-state index in [1.54, 1.807) is 0 Å². The van der Waals surface area contributed by atoms with Gasteiger partial charge in [0.05, 0.1) is 0 Å². The Morgan fingerprint density at radius 2 is 1.88 bits per heavy atom. The molecule has 0 N–H and O–H groups in total. The minimum atomic E-state index is 0.973. The van der Waals surface area contributed by atoms with E-state index in [1.807, 2.05) is 0 Å². The Balaban J connectivity index is 1.60. The fraction of sp³-hybridized carbons (Fsp3) is 0.500. The predicted molar refractivity (Wildman–Crippen MR) is 70.5 cm³/mol. The van der Waals surface area contributed by atoms with E-state index >= 15 is 0 Å². The number of aryl methyl sites for hydroxylation is 1. The molecule has 0 aromatic heterocycles. The molecular formula is C16H22. The molecule has 1 atom stereocenters. The van der Waals surface area contributed by atoms with Crippen LogP contribution in [0.25, 0.3) is 0 Å². The van der Waals surface area contributed by atoms with Gasteiger partial charge in [-0.1, -0.05) is 55.3 Å². The molecule has 0 spiro atoms. The molecule has 0 aliphatic heterocycles. The molecule has 0 fully saturated rings. The van der Waals surface area contributed by atoms with Crippen LogP contribution in [0.15, 0.2) is 42.5 Å². The lowest BCUT2D eigenvalue weighted by molar-refractivity contribution is 0.425.